The van der Waals surface area contributed by atoms with Crippen molar-refractivity contribution < 1.29 is 24.2 Å². The van der Waals surface area contributed by atoms with Gasteiger partial charge in [0.15, 0.2) is 6.61 Å². The summed E-state index contributed by atoms with van der Waals surface area (Å²) in [6.45, 7) is 3.60. The molecular weight excluding hydrogens is 248 g/mol. The molecule has 1 unspecified atom stereocenters. The van der Waals surface area contributed by atoms with Crippen molar-refractivity contribution in [2.24, 2.45) is 0 Å². The largest absolute Gasteiger partial charge is 0.482 e. The molecule has 1 aromatic rings. The smallest absolute Gasteiger partial charge is 0.344 e. The molecule has 0 saturated heterocycles. The number of benzene rings is 1. The lowest BCUT2D eigenvalue weighted by molar-refractivity contribution is -0.150. The van der Waals surface area contributed by atoms with Gasteiger partial charge in [0.2, 0.25) is 0 Å². The molecule has 0 aliphatic carbocycles. The maximum absolute atomic E-state index is 11.4. The Morgan fingerprint density at radius 3 is 2.42 bits per heavy atom. The van der Waals surface area contributed by atoms with Crippen LogP contribution in [0.3, 0.4) is 0 Å². The molecule has 5 nitrogen and oxygen atoms in total. The summed E-state index contributed by atoms with van der Waals surface area (Å²) in [5.74, 6) is -0.787. The molecule has 1 N–H and O–H groups in total. The predicted molar refractivity (Wildman–Crippen MR) is 69.1 cm³/mol. The number of aliphatic carboxylic acids is 1. The highest BCUT2D eigenvalue weighted by Gasteiger charge is 2.08. The van der Waals surface area contributed by atoms with Crippen molar-refractivity contribution in [1.29, 1.82) is 0 Å². The lowest BCUT2D eigenvalue weighted by atomic mass is 10.1. The van der Waals surface area contributed by atoms with Crippen molar-refractivity contribution in [3.05, 3.63) is 29.8 Å². The van der Waals surface area contributed by atoms with E-state index in [1.165, 1.54) is 0 Å². The summed E-state index contributed by atoms with van der Waals surface area (Å²) in [4.78, 5) is 21.9. The molecule has 5 heteroatoms. The SMILES string of the molecule is CCC(C)OC(=O)COc1ccc(CC(=O)O)cc1. The van der Waals surface area contributed by atoms with Gasteiger partial charge in [0, 0.05) is 0 Å². The van der Waals surface area contributed by atoms with E-state index in [1.54, 1.807) is 24.3 Å². The minimum absolute atomic E-state index is 0.0314. The van der Waals surface area contributed by atoms with Crippen LogP contribution in [0, 0.1) is 0 Å². The number of ether oxygens (including phenoxy) is 2. The molecule has 19 heavy (non-hydrogen) atoms. The number of carbonyl (C=O) groups is 2. The first-order valence-electron chi connectivity index (χ1n) is 6.14. The summed E-state index contributed by atoms with van der Waals surface area (Å²) in [6, 6.07) is 6.58. The predicted octanol–water partition coefficient (Wildman–Crippen LogP) is 2.03. The second-order valence-electron chi connectivity index (χ2n) is 4.21. The highest BCUT2D eigenvalue weighted by molar-refractivity contribution is 5.71. The summed E-state index contributed by atoms with van der Waals surface area (Å²) in [5.41, 5.74) is 0.682. The van der Waals surface area contributed by atoms with Crippen molar-refractivity contribution in [2.75, 3.05) is 6.61 Å². The van der Waals surface area contributed by atoms with Gasteiger partial charge < -0.3 is 14.6 Å². The Bertz CT molecular complexity index is 424. The van der Waals surface area contributed by atoms with Gasteiger partial charge in [0.25, 0.3) is 0 Å². The van der Waals surface area contributed by atoms with E-state index in [4.69, 9.17) is 14.6 Å². The van der Waals surface area contributed by atoms with E-state index in [0.717, 1.165) is 6.42 Å². The van der Waals surface area contributed by atoms with Gasteiger partial charge in [-0.1, -0.05) is 19.1 Å². The van der Waals surface area contributed by atoms with Crippen molar-refractivity contribution in [2.45, 2.75) is 32.8 Å². The lowest BCUT2D eigenvalue weighted by Crippen LogP contribution is -2.20. The third-order valence-electron chi connectivity index (χ3n) is 2.54. The fourth-order valence-electron chi connectivity index (χ4n) is 1.36. The summed E-state index contributed by atoms with van der Waals surface area (Å²) in [5, 5.41) is 8.63. The summed E-state index contributed by atoms with van der Waals surface area (Å²) >= 11 is 0. The first-order chi connectivity index (χ1) is 9.01. The molecule has 0 aliphatic rings. The van der Waals surface area contributed by atoms with E-state index in [2.05, 4.69) is 0 Å². The molecule has 0 bridgehead atoms. The number of hydrogen-bond donors (Lipinski definition) is 1. The normalized spacial score (nSPS) is 11.7. The Labute approximate surface area is 112 Å². The zero-order chi connectivity index (χ0) is 14.3. The zero-order valence-electron chi connectivity index (χ0n) is 11.1. The van der Waals surface area contributed by atoms with Crippen molar-refractivity contribution in [3.63, 3.8) is 0 Å². The monoisotopic (exact) mass is 266 g/mol. The quantitative estimate of drug-likeness (QED) is 0.764. The summed E-state index contributed by atoms with van der Waals surface area (Å²) in [6.07, 6.45) is 0.612. The molecule has 0 aromatic heterocycles. The van der Waals surface area contributed by atoms with E-state index in [9.17, 15) is 9.59 Å². The molecule has 1 atom stereocenters. The minimum atomic E-state index is -0.884. The van der Waals surface area contributed by atoms with Gasteiger partial charge in [0.05, 0.1) is 12.5 Å². The second kappa shape index (κ2) is 7.41. The van der Waals surface area contributed by atoms with Gasteiger partial charge in [-0.25, -0.2) is 4.79 Å². The van der Waals surface area contributed by atoms with Gasteiger partial charge in [-0.3, -0.25) is 4.79 Å². The molecule has 0 radical (unpaired) electrons. The van der Waals surface area contributed by atoms with Crippen molar-refractivity contribution >= 4 is 11.9 Å². The van der Waals surface area contributed by atoms with Crippen LogP contribution in [0.2, 0.25) is 0 Å². The van der Waals surface area contributed by atoms with E-state index in [1.807, 2.05) is 13.8 Å². The Kier molecular flexibility index (Phi) is 5.85. The van der Waals surface area contributed by atoms with Crippen LogP contribution in [0.4, 0.5) is 0 Å². The Hall–Kier alpha value is -2.04. The molecule has 0 amide bonds. The molecular formula is C14H18O5. The van der Waals surface area contributed by atoms with Crippen LogP contribution in [0.5, 0.6) is 5.75 Å². The average molecular weight is 266 g/mol. The third kappa shape index (κ3) is 5.90. The third-order valence-corrected chi connectivity index (χ3v) is 2.54. The minimum Gasteiger partial charge on any atom is -0.482 e. The molecule has 0 aliphatic heterocycles. The second-order valence-corrected chi connectivity index (χ2v) is 4.21. The molecule has 0 heterocycles. The Morgan fingerprint density at radius 1 is 1.26 bits per heavy atom. The molecule has 104 valence electrons. The maximum Gasteiger partial charge on any atom is 0.344 e. The lowest BCUT2D eigenvalue weighted by Gasteiger charge is -2.11. The van der Waals surface area contributed by atoms with Crippen LogP contribution in [0.1, 0.15) is 25.8 Å². The zero-order valence-corrected chi connectivity index (χ0v) is 11.1. The maximum atomic E-state index is 11.4. The summed E-state index contributed by atoms with van der Waals surface area (Å²) in [7, 11) is 0. The number of carbonyl (C=O) groups excluding carboxylic acids is 1. The van der Waals surface area contributed by atoms with Crippen molar-refractivity contribution in [3.8, 4) is 5.75 Å². The van der Waals surface area contributed by atoms with E-state index >= 15 is 0 Å². The number of hydrogen-bond acceptors (Lipinski definition) is 4. The topological polar surface area (TPSA) is 72.8 Å². The number of rotatable bonds is 7. The highest BCUT2D eigenvalue weighted by Crippen LogP contribution is 2.12. The first-order valence-corrected chi connectivity index (χ1v) is 6.14. The summed E-state index contributed by atoms with van der Waals surface area (Å²) < 4.78 is 10.3. The van der Waals surface area contributed by atoms with E-state index < -0.39 is 11.9 Å². The van der Waals surface area contributed by atoms with Crippen LogP contribution in [-0.4, -0.2) is 29.8 Å². The van der Waals surface area contributed by atoms with Gasteiger partial charge in [-0.05, 0) is 31.0 Å². The fraction of sp³-hybridized carbons (Fsp3) is 0.429. The molecule has 0 spiro atoms. The van der Waals surface area contributed by atoms with Crippen LogP contribution >= 0.6 is 0 Å². The first kappa shape index (κ1) is 15.0. The molecule has 1 rings (SSSR count). The molecule has 0 saturated carbocycles. The van der Waals surface area contributed by atoms with Crippen molar-refractivity contribution in [1.82, 2.24) is 0 Å². The van der Waals surface area contributed by atoms with Crippen LogP contribution in [0.25, 0.3) is 0 Å². The van der Waals surface area contributed by atoms with Gasteiger partial charge in [0.1, 0.15) is 5.75 Å². The standard InChI is InChI=1S/C14H18O5/c1-3-10(2)19-14(17)9-18-12-6-4-11(5-7-12)8-13(15)16/h4-7,10H,3,8-9H2,1-2H3,(H,15,16). The highest BCUT2D eigenvalue weighted by atomic mass is 16.6. The van der Waals surface area contributed by atoms with Gasteiger partial charge in [-0.15, -0.1) is 0 Å². The van der Waals surface area contributed by atoms with E-state index in [0.29, 0.717) is 11.3 Å². The van der Waals surface area contributed by atoms with Crippen LogP contribution in [-0.2, 0) is 20.7 Å². The Balaban J connectivity index is 2.41. The fourth-order valence-corrected chi connectivity index (χ4v) is 1.36. The Morgan fingerprint density at radius 2 is 1.89 bits per heavy atom. The molecule has 1 aromatic carbocycles. The number of esters is 1. The average Bonchev–Trinajstić information content (AvgIpc) is 2.37. The molecule has 0 fully saturated rings. The van der Waals surface area contributed by atoms with Gasteiger partial charge in [-0.2, -0.15) is 0 Å². The van der Waals surface area contributed by atoms with E-state index in [-0.39, 0.29) is 19.1 Å². The van der Waals surface area contributed by atoms with Crippen LogP contribution in [0.15, 0.2) is 24.3 Å². The van der Waals surface area contributed by atoms with Crippen LogP contribution < -0.4 is 4.74 Å². The van der Waals surface area contributed by atoms with Gasteiger partial charge >= 0.3 is 11.9 Å². The number of carboxylic acid groups (broad SMARTS) is 1. The number of carboxylic acids is 1.